The first-order chi connectivity index (χ1) is 10.8. The van der Waals surface area contributed by atoms with Gasteiger partial charge < -0.3 is 15.0 Å². The Morgan fingerprint density at radius 1 is 0.875 bits per heavy atom. The van der Waals surface area contributed by atoms with E-state index >= 15 is 0 Å². The Morgan fingerprint density at radius 3 is 2.08 bits per heavy atom. The van der Waals surface area contributed by atoms with Gasteiger partial charge in [-0.2, -0.15) is 0 Å². The lowest BCUT2D eigenvalue weighted by atomic mass is 10.1. The van der Waals surface area contributed by atoms with Crippen LogP contribution < -0.4 is 15.0 Å². The van der Waals surface area contributed by atoms with Crippen molar-refractivity contribution < 1.29 is 4.74 Å². The summed E-state index contributed by atoms with van der Waals surface area (Å²) in [6.45, 7) is 8.13. The van der Waals surface area contributed by atoms with Crippen molar-refractivity contribution in [2.45, 2.75) is 26.9 Å². The number of hydrogen-bond acceptors (Lipinski definition) is 3. The molecule has 0 saturated carbocycles. The summed E-state index contributed by atoms with van der Waals surface area (Å²) in [4.78, 5) is 2.35. The van der Waals surface area contributed by atoms with E-state index in [1.807, 2.05) is 18.2 Å². The van der Waals surface area contributed by atoms with Crippen molar-refractivity contribution in [1.82, 2.24) is 5.32 Å². The normalized spacial score (nSPS) is 9.62. The number of benzene rings is 2. The van der Waals surface area contributed by atoms with Crippen LogP contribution in [0.3, 0.4) is 0 Å². The molecular weight excluding hydrogens is 343 g/mol. The molecule has 2 aromatic carbocycles. The molecule has 5 heteroatoms. The van der Waals surface area contributed by atoms with Crippen LogP contribution in [0.1, 0.15) is 25.0 Å². The zero-order valence-electron chi connectivity index (χ0n) is 14.6. The van der Waals surface area contributed by atoms with Crippen LogP contribution in [-0.2, 0) is 13.1 Å². The summed E-state index contributed by atoms with van der Waals surface area (Å²) >= 11 is 0. The first-order valence-electron chi connectivity index (χ1n) is 7.95. The third-order valence-electron chi connectivity index (χ3n) is 3.90. The number of ether oxygens (including phenoxy) is 1. The van der Waals surface area contributed by atoms with Crippen LogP contribution in [0.25, 0.3) is 0 Å². The van der Waals surface area contributed by atoms with E-state index in [0.29, 0.717) is 0 Å². The maximum atomic E-state index is 5.37. The number of para-hydroxylation sites is 1. The number of hydrogen-bond donors (Lipinski definition) is 1. The molecule has 0 amide bonds. The zero-order valence-corrected chi connectivity index (χ0v) is 16.3. The van der Waals surface area contributed by atoms with Gasteiger partial charge in [0.25, 0.3) is 0 Å². The Kier molecular flexibility index (Phi) is 11.3. The lowest BCUT2D eigenvalue weighted by molar-refractivity contribution is 0.407. The highest BCUT2D eigenvalue weighted by Gasteiger charge is 2.03. The predicted octanol–water partition coefficient (Wildman–Crippen LogP) is 4.67. The van der Waals surface area contributed by atoms with Gasteiger partial charge in [-0.1, -0.05) is 30.3 Å². The van der Waals surface area contributed by atoms with E-state index in [0.717, 1.165) is 31.9 Å². The molecule has 0 aliphatic rings. The van der Waals surface area contributed by atoms with Crippen LogP contribution in [0.4, 0.5) is 5.69 Å². The maximum absolute atomic E-state index is 5.37. The topological polar surface area (TPSA) is 24.5 Å². The third kappa shape index (κ3) is 6.23. The van der Waals surface area contributed by atoms with E-state index in [2.05, 4.69) is 54.4 Å². The van der Waals surface area contributed by atoms with E-state index in [1.54, 1.807) is 7.11 Å². The van der Waals surface area contributed by atoms with Gasteiger partial charge in [-0.3, -0.25) is 0 Å². The number of halogens is 2. The zero-order chi connectivity index (χ0) is 15.8. The fourth-order valence-corrected chi connectivity index (χ4v) is 2.60. The van der Waals surface area contributed by atoms with Gasteiger partial charge in [0.2, 0.25) is 0 Å². The first-order valence-corrected chi connectivity index (χ1v) is 7.95. The molecule has 0 radical (unpaired) electrons. The fraction of sp³-hybridized carbons (Fsp3) is 0.368. The van der Waals surface area contributed by atoms with Gasteiger partial charge in [-0.25, -0.2) is 0 Å². The molecule has 134 valence electrons. The SMILES string of the molecule is CCN(CC)c1ccc(CNCc2ccccc2OC)cc1.Cl.Cl. The molecule has 1 N–H and O–H groups in total. The van der Waals surface area contributed by atoms with Crippen molar-refractivity contribution in [2.24, 2.45) is 0 Å². The van der Waals surface area contributed by atoms with Gasteiger partial charge in [0.05, 0.1) is 7.11 Å². The highest BCUT2D eigenvalue weighted by Crippen LogP contribution is 2.17. The number of anilines is 1. The summed E-state index contributed by atoms with van der Waals surface area (Å²) < 4.78 is 5.37. The van der Waals surface area contributed by atoms with Gasteiger partial charge in [0.15, 0.2) is 0 Å². The van der Waals surface area contributed by atoms with Crippen molar-refractivity contribution in [1.29, 1.82) is 0 Å². The molecule has 0 saturated heterocycles. The molecule has 0 spiro atoms. The van der Waals surface area contributed by atoms with E-state index in [9.17, 15) is 0 Å². The van der Waals surface area contributed by atoms with Crippen LogP contribution in [-0.4, -0.2) is 20.2 Å². The molecule has 0 fully saturated rings. The fourth-order valence-electron chi connectivity index (χ4n) is 2.60. The first kappa shape index (κ1) is 22.6. The predicted molar refractivity (Wildman–Crippen MR) is 108 cm³/mol. The van der Waals surface area contributed by atoms with Crippen LogP contribution >= 0.6 is 24.8 Å². The summed E-state index contributed by atoms with van der Waals surface area (Å²) in [7, 11) is 1.71. The van der Waals surface area contributed by atoms with Crippen molar-refractivity contribution in [3.05, 3.63) is 59.7 Å². The van der Waals surface area contributed by atoms with E-state index in [1.165, 1.54) is 16.8 Å². The molecule has 0 bridgehead atoms. The van der Waals surface area contributed by atoms with Crippen LogP contribution in [0.5, 0.6) is 5.75 Å². The summed E-state index contributed by atoms with van der Waals surface area (Å²) in [6, 6.07) is 16.9. The largest absolute Gasteiger partial charge is 0.496 e. The van der Waals surface area contributed by atoms with Crippen molar-refractivity contribution in [3.8, 4) is 5.75 Å². The third-order valence-corrected chi connectivity index (χ3v) is 3.90. The highest BCUT2D eigenvalue weighted by atomic mass is 35.5. The van der Waals surface area contributed by atoms with Crippen LogP contribution in [0.15, 0.2) is 48.5 Å². The standard InChI is InChI=1S/C19H26N2O.2ClH/c1-4-21(5-2)18-12-10-16(11-13-18)14-20-15-17-8-6-7-9-19(17)22-3;;/h6-13,20H,4-5,14-15H2,1-3H3;2*1H. The molecule has 0 aliphatic heterocycles. The van der Waals surface area contributed by atoms with E-state index in [-0.39, 0.29) is 24.8 Å². The van der Waals surface area contributed by atoms with E-state index < -0.39 is 0 Å². The average molecular weight is 371 g/mol. The number of methoxy groups -OCH3 is 1. The van der Waals surface area contributed by atoms with Crippen molar-refractivity contribution in [2.75, 3.05) is 25.1 Å². The number of nitrogens with zero attached hydrogens (tertiary/aromatic N) is 1. The Morgan fingerprint density at radius 2 is 1.50 bits per heavy atom. The quantitative estimate of drug-likeness (QED) is 0.730. The monoisotopic (exact) mass is 370 g/mol. The number of nitrogens with one attached hydrogen (secondary N) is 1. The van der Waals surface area contributed by atoms with Gasteiger partial charge in [0.1, 0.15) is 5.75 Å². The minimum absolute atomic E-state index is 0. The maximum Gasteiger partial charge on any atom is 0.123 e. The lowest BCUT2D eigenvalue weighted by Gasteiger charge is -2.21. The molecule has 0 aromatic heterocycles. The minimum Gasteiger partial charge on any atom is -0.496 e. The molecule has 3 nitrogen and oxygen atoms in total. The minimum atomic E-state index is 0. The molecule has 24 heavy (non-hydrogen) atoms. The second kappa shape index (κ2) is 12.0. The summed E-state index contributed by atoms with van der Waals surface area (Å²) in [6.07, 6.45) is 0. The molecule has 2 rings (SSSR count). The molecule has 0 aliphatic carbocycles. The Bertz CT molecular complexity index is 572. The molecule has 2 aromatic rings. The molecule has 0 heterocycles. The average Bonchev–Trinajstić information content (AvgIpc) is 2.58. The molecule has 0 atom stereocenters. The lowest BCUT2D eigenvalue weighted by Crippen LogP contribution is -2.21. The van der Waals surface area contributed by atoms with Crippen molar-refractivity contribution >= 4 is 30.5 Å². The Balaban J connectivity index is 0.00000264. The summed E-state index contributed by atoms with van der Waals surface area (Å²) in [5.74, 6) is 0.937. The second-order valence-corrected chi connectivity index (χ2v) is 5.25. The molecule has 0 unspecified atom stereocenters. The Labute approximate surface area is 158 Å². The summed E-state index contributed by atoms with van der Waals surface area (Å²) in [5.41, 5.74) is 3.77. The summed E-state index contributed by atoms with van der Waals surface area (Å²) in [5, 5.41) is 3.48. The smallest absolute Gasteiger partial charge is 0.123 e. The van der Waals surface area contributed by atoms with Crippen LogP contribution in [0.2, 0.25) is 0 Å². The number of rotatable bonds is 8. The Hall–Kier alpha value is -1.42. The van der Waals surface area contributed by atoms with Gasteiger partial charge in [0, 0.05) is 37.4 Å². The van der Waals surface area contributed by atoms with E-state index in [4.69, 9.17) is 4.74 Å². The van der Waals surface area contributed by atoms with Crippen molar-refractivity contribution in [3.63, 3.8) is 0 Å². The molecular formula is C19H28Cl2N2O. The van der Waals surface area contributed by atoms with Crippen LogP contribution in [0, 0.1) is 0 Å². The van der Waals surface area contributed by atoms with Gasteiger partial charge in [-0.05, 0) is 37.6 Å². The van der Waals surface area contributed by atoms with Gasteiger partial charge in [-0.15, -0.1) is 24.8 Å². The highest BCUT2D eigenvalue weighted by molar-refractivity contribution is 5.85. The van der Waals surface area contributed by atoms with Gasteiger partial charge >= 0.3 is 0 Å². The second-order valence-electron chi connectivity index (χ2n) is 5.25.